The van der Waals surface area contributed by atoms with E-state index in [-0.39, 0.29) is 5.82 Å². The van der Waals surface area contributed by atoms with Gasteiger partial charge in [-0.25, -0.2) is 4.39 Å². The molecule has 2 saturated carbocycles. The topological polar surface area (TPSA) is 38.7 Å². The van der Waals surface area contributed by atoms with Crippen molar-refractivity contribution in [2.45, 2.75) is 101 Å². The summed E-state index contributed by atoms with van der Waals surface area (Å²) in [6, 6.07) is 5.60. The molecule has 0 amide bonds. The maximum Gasteiger partial charge on any atom is 0.168 e. The Morgan fingerprint density at radius 3 is 2.31 bits per heavy atom. The van der Waals surface area contributed by atoms with Gasteiger partial charge in [-0.1, -0.05) is 44.7 Å². The Hall–Kier alpha value is -0.970. The highest BCUT2D eigenvalue weighted by atomic mass is 19.1. The molecule has 0 radical (unpaired) electrons. The Balaban J connectivity index is 1.36. The summed E-state index contributed by atoms with van der Waals surface area (Å²) in [5, 5.41) is 11.2. The minimum absolute atomic E-state index is 0.251. The van der Waals surface area contributed by atoms with E-state index < -0.39 is 11.4 Å². The summed E-state index contributed by atoms with van der Waals surface area (Å²) in [6.45, 7) is 3.48. The van der Waals surface area contributed by atoms with E-state index in [1.807, 2.05) is 6.07 Å². The normalized spacial score (nSPS) is 28.7. The molecule has 0 atom stereocenters. The van der Waals surface area contributed by atoms with E-state index in [0.29, 0.717) is 50.4 Å². The number of aliphatic hydroxyl groups is 1. The van der Waals surface area contributed by atoms with Crippen molar-refractivity contribution in [2.75, 3.05) is 13.2 Å². The summed E-state index contributed by atoms with van der Waals surface area (Å²) in [7, 11) is 0. The number of hydrogen-bond donors (Lipinski definition) is 1. The van der Waals surface area contributed by atoms with Crippen LogP contribution in [0.1, 0.15) is 101 Å². The third kappa shape index (κ3) is 4.70. The molecular weight excluding hydrogens is 367 g/mol. The fourth-order valence-corrected chi connectivity index (χ4v) is 5.73. The van der Waals surface area contributed by atoms with Crippen molar-refractivity contribution in [1.29, 1.82) is 0 Å². The lowest BCUT2D eigenvalue weighted by Gasteiger charge is -2.41. The molecule has 1 heterocycles. The Kier molecular flexibility index (Phi) is 6.62. The highest BCUT2D eigenvalue weighted by molar-refractivity contribution is 5.32. The number of unbranched alkanes of at least 4 members (excludes halogenated alkanes) is 2. The second-order valence-electron chi connectivity index (χ2n) is 9.59. The first-order valence-corrected chi connectivity index (χ1v) is 11.8. The average Bonchev–Trinajstić information content (AvgIpc) is 3.20. The molecule has 29 heavy (non-hydrogen) atoms. The van der Waals surface area contributed by atoms with Crippen molar-refractivity contribution in [2.24, 2.45) is 5.92 Å². The van der Waals surface area contributed by atoms with Gasteiger partial charge in [-0.15, -0.1) is 0 Å². The Morgan fingerprint density at radius 2 is 1.69 bits per heavy atom. The molecule has 1 aromatic rings. The van der Waals surface area contributed by atoms with E-state index in [2.05, 4.69) is 13.0 Å². The van der Waals surface area contributed by atoms with Crippen molar-refractivity contribution >= 4 is 0 Å². The first kappa shape index (κ1) is 21.3. The molecule has 4 rings (SSSR count). The van der Waals surface area contributed by atoms with E-state index in [4.69, 9.17) is 9.47 Å². The van der Waals surface area contributed by atoms with Crippen molar-refractivity contribution < 1.29 is 19.0 Å². The molecular formula is C25H37FO3. The van der Waals surface area contributed by atoms with Crippen LogP contribution in [0.25, 0.3) is 0 Å². The zero-order valence-corrected chi connectivity index (χ0v) is 17.9. The van der Waals surface area contributed by atoms with Gasteiger partial charge in [-0.2, -0.15) is 0 Å². The van der Waals surface area contributed by atoms with Gasteiger partial charge in [0.2, 0.25) is 0 Å². The van der Waals surface area contributed by atoms with Gasteiger partial charge in [0.1, 0.15) is 5.82 Å². The van der Waals surface area contributed by atoms with Crippen LogP contribution in [0.2, 0.25) is 0 Å². The Bertz CT molecular complexity index is 665. The molecule has 162 valence electrons. The van der Waals surface area contributed by atoms with Crippen molar-refractivity contribution in [3.05, 3.63) is 35.1 Å². The van der Waals surface area contributed by atoms with E-state index in [9.17, 15) is 5.11 Å². The van der Waals surface area contributed by atoms with Crippen LogP contribution in [0, 0.1) is 11.7 Å². The summed E-state index contributed by atoms with van der Waals surface area (Å²) in [6.07, 6.45) is 12.4. The fourth-order valence-electron chi connectivity index (χ4n) is 5.73. The highest BCUT2D eigenvalue weighted by Crippen LogP contribution is 2.46. The predicted molar refractivity (Wildman–Crippen MR) is 112 cm³/mol. The van der Waals surface area contributed by atoms with Crippen LogP contribution >= 0.6 is 0 Å². The highest BCUT2D eigenvalue weighted by Gasteiger charge is 2.47. The number of halogens is 1. The molecule has 0 aromatic heterocycles. The molecule has 3 fully saturated rings. The zero-order chi connectivity index (χ0) is 20.3. The Morgan fingerprint density at radius 1 is 1.00 bits per heavy atom. The maximum atomic E-state index is 15.1. The minimum atomic E-state index is -1.11. The van der Waals surface area contributed by atoms with Gasteiger partial charge in [-0.05, 0) is 62.0 Å². The monoisotopic (exact) mass is 404 g/mol. The smallest absolute Gasteiger partial charge is 0.168 e. The van der Waals surface area contributed by atoms with Gasteiger partial charge in [0, 0.05) is 18.4 Å². The molecule has 1 saturated heterocycles. The molecule has 0 bridgehead atoms. The molecule has 3 nitrogen and oxygen atoms in total. The van der Waals surface area contributed by atoms with Gasteiger partial charge in [0.25, 0.3) is 0 Å². The number of benzene rings is 1. The Labute approximate surface area is 175 Å². The van der Waals surface area contributed by atoms with Crippen LogP contribution in [0.3, 0.4) is 0 Å². The summed E-state index contributed by atoms with van der Waals surface area (Å²) in [4.78, 5) is 0. The van der Waals surface area contributed by atoms with Crippen LogP contribution in [-0.4, -0.2) is 24.1 Å². The fraction of sp³-hybridized carbons (Fsp3) is 0.760. The standard InChI is InChI=1S/C25H37FO3/c1-2-3-4-5-19-6-8-20(9-7-19)21-10-11-22(23(26)18-21)24(27)12-14-25(15-13-24)28-16-17-29-25/h10-11,18-20,27H,2-9,12-17H2,1H3. The molecule has 3 aliphatic rings. The van der Waals surface area contributed by atoms with Gasteiger partial charge in [0.15, 0.2) is 5.79 Å². The second kappa shape index (κ2) is 9.03. The molecule has 1 aromatic carbocycles. The second-order valence-corrected chi connectivity index (χ2v) is 9.59. The van der Waals surface area contributed by atoms with Crippen molar-refractivity contribution in [3.63, 3.8) is 0 Å². The third-order valence-corrected chi connectivity index (χ3v) is 7.68. The largest absolute Gasteiger partial charge is 0.385 e. The van der Waals surface area contributed by atoms with Crippen LogP contribution in [0.15, 0.2) is 18.2 Å². The number of hydrogen-bond acceptors (Lipinski definition) is 3. The SMILES string of the molecule is CCCCCC1CCC(c2ccc(C3(O)CCC4(CC3)OCCO4)c(F)c2)CC1. The van der Waals surface area contributed by atoms with E-state index in [0.717, 1.165) is 24.3 Å². The zero-order valence-electron chi connectivity index (χ0n) is 17.9. The van der Waals surface area contributed by atoms with Crippen LogP contribution in [0.4, 0.5) is 4.39 Å². The van der Waals surface area contributed by atoms with Crippen molar-refractivity contribution in [1.82, 2.24) is 0 Å². The van der Waals surface area contributed by atoms with Crippen molar-refractivity contribution in [3.8, 4) is 0 Å². The first-order valence-electron chi connectivity index (χ1n) is 11.8. The van der Waals surface area contributed by atoms with Crippen LogP contribution in [0.5, 0.6) is 0 Å². The summed E-state index contributed by atoms with van der Waals surface area (Å²) >= 11 is 0. The van der Waals surface area contributed by atoms with Gasteiger partial charge in [-0.3, -0.25) is 0 Å². The van der Waals surface area contributed by atoms with Crippen LogP contribution in [-0.2, 0) is 15.1 Å². The first-order chi connectivity index (χ1) is 14.0. The van der Waals surface area contributed by atoms with Gasteiger partial charge < -0.3 is 14.6 Å². The minimum Gasteiger partial charge on any atom is -0.385 e. The number of ether oxygens (including phenoxy) is 2. The van der Waals surface area contributed by atoms with Gasteiger partial charge >= 0.3 is 0 Å². The lowest BCUT2D eigenvalue weighted by Crippen LogP contribution is -2.42. The molecule has 1 spiro atoms. The van der Waals surface area contributed by atoms with E-state index in [1.165, 1.54) is 38.5 Å². The van der Waals surface area contributed by atoms with E-state index >= 15 is 4.39 Å². The molecule has 1 N–H and O–H groups in total. The summed E-state index contributed by atoms with van der Waals surface area (Å²) < 4.78 is 26.6. The lowest BCUT2D eigenvalue weighted by molar-refractivity contribution is -0.204. The molecule has 2 aliphatic carbocycles. The van der Waals surface area contributed by atoms with E-state index in [1.54, 1.807) is 6.07 Å². The third-order valence-electron chi connectivity index (χ3n) is 7.68. The van der Waals surface area contributed by atoms with Crippen LogP contribution < -0.4 is 0 Å². The van der Waals surface area contributed by atoms with Gasteiger partial charge in [0.05, 0.1) is 18.8 Å². The lowest BCUT2D eigenvalue weighted by atomic mass is 9.74. The molecule has 4 heteroatoms. The molecule has 0 unspecified atom stereocenters. The summed E-state index contributed by atoms with van der Waals surface area (Å²) in [5.74, 6) is 0.528. The quantitative estimate of drug-likeness (QED) is 0.575. The molecule has 1 aliphatic heterocycles. The summed E-state index contributed by atoms with van der Waals surface area (Å²) in [5.41, 5.74) is 0.444. The average molecular weight is 405 g/mol. The number of rotatable bonds is 6. The predicted octanol–water partition coefficient (Wildman–Crippen LogP) is 6.18. The maximum absolute atomic E-state index is 15.1.